The molecule has 0 aliphatic carbocycles. The zero-order valence-corrected chi connectivity index (χ0v) is 39.1. The lowest BCUT2D eigenvalue weighted by molar-refractivity contribution is -0.231. The zero-order valence-electron chi connectivity index (χ0n) is 39.1. The predicted octanol–water partition coefficient (Wildman–Crippen LogP) is 6.69. The number of hydrogen-bond donors (Lipinski definition) is 1. The number of amides is 4. The number of carbonyl (C=O) groups excluding carboxylic acids is 5. The first kappa shape index (κ1) is 47.1. The maximum atomic E-state index is 14.6. The smallest absolute Gasteiger partial charge is 0.338 e. The molecule has 6 bridgehead atoms. The van der Waals surface area contributed by atoms with E-state index in [1.54, 1.807) is 25.3 Å². The molecule has 14 nitrogen and oxygen atoms in total. The van der Waals surface area contributed by atoms with Gasteiger partial charge in [-0.1, -0.05) is 64.6 Å². The number of aryl methyl sites for hydroxylation is 1. The SMILES string of the molecule is C=CC(=O)N1CC[C@H](C(=O)N(C)C(C(=O)N[C@H]2Cc3cccc(c3)-c3ccc4c(c3)c(c(-c3cccnc3[C@H](C)OC)n4CC)CC(C)(C)COC(=O)[C@@H]3CCCN(O3)C2=O)C(C)C)C1. The molecule has 0 radical (unpaired) electrons. The monoisotopic (exact) mass is 888 g/mol. The van der Waals surface area contributed by atoms with Crippen molar-refractivity contribution in [2.45, 2.75) is 104 Å². The van der Waals surface area contributed by atoms with Crippen LogP contribution in [0.3, 0.4) is 0 Å². The highest BCUT2D eigenvalue weighted by Gasteiger charge is 2.41. The highest BCUT2D eigenvalue weighted by atomic mass is 16.7. The summed E-state index contributed by atoms with van der Waals surface area (Å²) in [6.45, 7) is 17.2. The fraction of sp³-hybridized carbons (Fsp3) is 0.490. The molecule has 5 heterocycles. The molecule has 1 unspecified atom stereocenters. The molecule has 4 amide bonds. The van der Waals surface area contributed by atoms with Gasteiger partial charge in [-0.15, -0.1) is 0 Å². The lowest BCUT2D eigenvalue weighted by atomic mass is 9.84. The van der Waals surface area contributed by atoms with Gasteiger partial charge in [0.25, 0.3) is 5.91 Å². The van der Waals surface area contributed by atoms with Gasteiger partial charge in [-0.3, -0.25) is 29.0 Å². The van der Waals surface area contributed by atoms with E-state index < -0.39 is 47.3 Å². The van der Waals surface area contributed by atoms with E-state index in [9.17, 15) is 24.0 Å². The summed E-state index contributed by atoms with van der Waals surface area (Å²) in [6, 6.07) is 16.4. The van der Waals surface area contributed by atoms with Crippen molar-refractivity contribution in [2.24, 2.45) is 17.3 Å². The third-order valence-electron chi connectivity index (χ3n) is 13.2. The summed E-state index contributed by atoms with van der Waals surface area (Å²) in [6.07, 6.45) is 3.73. The first-order valence-corrected chi connectivity index (χ1v) is 22.9. The molecule has 0 spiro atoms. The third kappa shape index (κ3) is 9.89. The first-order valence-electron chi connectivity index (χ1n) is 22.9. The summed E-state index contributed by atoms with van der Waals surface area (Å²) < 4.78 is 14.2. The Labute approximate surface area is 382 Å². The van der Waals surface area contributed by atoms with Crippen molar-refractivity contribution in [3.63, 3.8) is 0 Å². The van der Waals surface area contributed by atoms with E-state index in [-0.39, 0.29) is 50.0 Å². The summed E-state index contributed by atoms with van der Waals surface area (Å²) in [5.74, 6) is -2.85. The average Bonchev–Trinajstić information content (AvgIpc) is 3.92. The van der Waals surface area contributed by atoms with Gasteiger partial charge in [0.15, 0.2) is 6.10 Å². The van der Waals surface area contributed by atoms with Gasteiger partial charge in [0, 0.05) is 74.8 Å². The first-order chi connectivity index (χ1) is 31.0. The van der Waals surface area contributed by atoms with Gasteiger partial charge in [0.05, 0.1) is 30.0 Å². The fourth-order valence-electron chi connectivity index (χ4n) is 9.75. The third-order valence-corrected chi connectivity index (χ3v) is 13.2. The number of nitrogens with zero attached hydrogens (tertiary/aromatic N) is 5. The number of nitrogens with one attached hydrogen (secondary N) is 1. The molecule has 2 aromatic heterocycles. The molecule has 14 heteroatoms. The van der Waals surface area contributed by atoms with E-state index >= 15 is 0 Å². The Morgan fingerprint density at radius 3 is 2.54 bits per heavy atom. The van der Waals surface area contributed by atoms with Gasteiger partial charge in [0.2, 0.25) is 17.7 Å². The van der Waals surface area contributed by atoms with Crippen LogP contribution in [0.1, 0.15) is 83.7 Å². The summed E-state index contributed by atoms with van der Waals surface area (Å²) in [5.41, 5.74) is 7.17. The Hall–Kier alpha value is -5.86. The number of carbonyl (C=O) groups is 5. The Balaban J connectivity index is 1.29. The zero-order chi connectivity index (χ0) is 46.7. The number of methoxy groups -OCH3 is 1. The highest BCUT2D eigenvalue weighted by Crippen LogP contribution is 2.42. The van der Waals surface area contributed by atoms with Crippen molar-refractivity contribution in [3.05, 3.63) is 90.3 Å². The van der Waals surface area contributed by atoms with Crippen LogP contribution in [0.15, 0.2) is 73.4 Å². The molecule has 2 aromatic carbocycles. The number of benzene rings is 2. The lowest BCUT2D eigenvalue weighted by Gasteiger charge is -2.36. The minimum atomic E-state index is -1.11. The van der Waals surface area contributed by atoms with Gasteiger partial charge in [0.1, 0.15) is 12.1 Å². The topological polar surface area (TPSA) is 153 Å². The Morgan fingerprint density at radius 2 is 1.82 bits per heavy atom. The number of rotatable bonds is 10. The van der Waals surface area contributed by atoms with Crippen molar-refractivity contribution in [3.8, 4) is 22.4 Å². The van der Waals surface area contributed by atoms with E-state index in [1.807, 2.05) is 51.1 Å². The van der Waals surface area contributed by atoms with Crippen molar-refractivity contribution in [1.29, 1.82) is 0 Å². The van der Waals surface area contributed by atoms with Gasteiger partial charge in [-0.25, -0.2) is 9.86 Å². The molecule has 3 aliphatic rings. The van der Waals surface area contributed by atoms with Crippen molar-refractivity contribution >= 4 is 40.5 Å². The average molecular weight is 889 g/mol. The van der Waals surface area contributed by atoms with Crippen LogP contribution in [0.25, 0.3) is 33.3 Å². The van der Waals surface area contributed by atoms with Crippen LogP contribution in [0, 0.1) is 17.3 Å². The van der Waals surface area contributed by atoms with Crippen molar-refractivity contribution in [1.82, 2.24) is 29.7 Å². The summed E-state index contributed by atoms with van der Waals surface area (Å²) in [4.78, 5) is 83.1. The van der Waals surface area contributed by atoms with E-state index in [0.717, 1.165) is 50.1 Å². The lowest BCUT2D eigenvalue weighted by Crippen LogP contribution is -2.58. The molecular formula is C51H64N6O8. The number of likely N-dealkylation sites (tertiary alicyclic amines) is 1. The van der Waals surface area contributed by atoms with E-state index in [4.69, 9.17) is 19.3 Å². The molecule has 5 atom stereocenters. The molecule has 1 N–H and O–H groups in total. The largest absolute Gasteiger partial charge is 0.463 e. The number of ether oxygens (including phenoxy) is 2. The van der Waals surface area contributed by atoms with Crippen LogP contribution in [0.2, 0.25) is 0 Å². The van der Waals surface area contributed by atoms with Crippen molar-refractivity contribution < 1.29 is 38.3 Å². The molecule has 3 aliphatic heterocycles. The summed E-state index contributed by atoms with van der Waals surface area (Å²) in [5, 5.41) is 5.27. The predicted molar refractivity (Wildman–Crippen MR) is 248 cm³/mol. The molecular weight excluding hydrogens is 825 g/mol. The number of fused-ring (bicyclic) bond motifs is 6. The van der Waals surface area contributed by atoms with E-state index in [1.165, 1.54) is 16.0 Å². The number of likely N-dealkylation sites (N-methyl/N-ethyl adjacent to an activating group) is 1. The minimum Gasteiger partial charge on any atom is -0.463 e. The number of hydroxylamine groups is 2. The number of hydrogen-bond acceptors (Lipinski definition) is 9. The number of aromatic nitrogens is 2. The van der Waals surface area contributed by atoms with E-state index in [0.29, 0.717) is 38.8 Å². The van der Waals surface area contributed by atoms with Gasteiger partial charge in [-0.2, -0.15) is 0 Å². The number of cyclic esters (lactones) is 1. The van der Waals surface area contributed by atoms with Crippen molar-refractivity contribution in [2.75, 3.05) is 40.4 Å². The van der Waals surface area contributed by atoms with Gasteiger partial charge in [-0.05, 0) is 98.0 Å². The van der Waals surface area contributed by atoms with Gasteiger partial charge < -0.3 is 29.2 Å². The van der Waals surface area contributed by atoms with Gasteiger partial charge >= 0.3 is 5.97 Å². The Morgan fingerprint density at radius 1 is 1.05 bits per heavy atom. The fourth-order valence-corrected chi connectivity index (χ4v) is 9.75. The van der Waals surface area contributed by atoms with Crippen LogP contribution in [-0.4, -0.2) is 113 Å². The molecule has 2 saturated heterocycles. The van der Waals surface area contributed by atoms with Crippen LogP contribution < -0.4 is 5.32 Å². The molecule has 2 fully saturated rings. The molecule has 346 valence electrons. The second-order valence-corrected chi connectivity index (χ2v) is 18.8. The molecule has 7 rings (SSSR count). The maximum absolute atomic E-state index is 14.6. The molecule has 0 saturated carbocycles. The molecule has 4 aromatic rings. The summed E-state index contributed by atoms with van der Waals surface area (Å²) in [7, 11) is 3.28. The summed E-state index contributed by atoms with van der Waals surface area (Å²) >= 11 is 0. The quantitative estimate of drug-likeness (QED) is 0.136. The highest BCUT2D eigenvalue weighted by molar-refractivity contribution is 5.96. The van der Waals surface area contributed by atoms with Crippen LogP contribution in [-0.2, 0) is 57.7 Å². The second-order valence-electron chi connectivity index (χ2n) is 18.8. The number of pyridine rings is 1. The maximum Gasteiger partial charge on any atom is 0.338 e. The standard InChI is InChI=1S/C51H64N6O8/c1-10-43(58)55-24-21-36(29-55)48(60)54(8)45(31(3)4)47(59)53-40-26-33-15-12-16-34(25-33)35-19-20-41-38(27-35)39(46(56(41)11-2)37-17-13-22-52-44(37)32(5)63-9)28-51(6,7)30-64-50(62)42-18-14-23-57(65-42)49(40)61/h10,12-13,15-17,19-20,22,25,27,31-32,36,40,42,45H,1,11,14,18,21,23-24,26,28-30H2,2-9H3,(H,53,59)/t32-,36-,40-,42-,45?/m0/s1. The molecule has 65 heavy (non-hydrogen) atoms. The number of esters is 1. The Kier molecular flexibility index (Phi) is 14.3. The minimum absolute atomic E-state index is 0.0962. The second kappa shape index (κ2) is 19.7. The van der Waals surface area contributed by atoms with Crippen LogP contribution in [0.4, 0.5) is 0 Å². The van der Waals surface area contributed by atoms with Crippen LogP contribution >= 0.6 is 0 Å². The van der Waals surface area contributed by atoms with E-state index in [2.05, 4.69) is 61.5 Å². The van der Waals surface area contributed by atoms with Crippen LogP contribution in [0.5, 0.6) is 0 Å². The normalized spacial score (nSPS) is 21.1. The Bertz CT molecular complexity index is 2460.